The van der Waals surface area contributed by atoms with E-state index in [2.05, 4.69) is 16.0 Å². The van der Waals surface area contributed by atoms with Gasteiger partial charge in [-0.15, -0.1) is 0 Å². The number of hydrogen-bond donors (Lipinski definition) is 3. The van der Waals surface area contributed by atoms with E-state index in [-0.39, 0.29) is 18.4 Å². The van der Waals surface area contributed by atoms with Crippen LogP contribution in [0.2, 0.25) is 0 Å². The van der Waals surface area contributed by atoms with E-state index < -0.39 is 0 Å². The van der Waals surface area contributed by atoms with Crippen molar-refractivity contribution in [3.05, 3.63) is 83.9 Å². The molecule has 3 aromatic carbocycles. The summed E-state index contributed by atoms with van der Waals surface area (Å²) in [6, 6.07) is 21.8. The quantitative estimate of drug-likeness (QED) is 0.492. The van der Waals surface area contributed by atoms with Crippen LogP contribution < -0.4 is 25.4 Å². The molecule has 0 spiro atoms. The van der Waals surface area contributed by atoms with Crippen LogP contribution in [0.4, 0.5) is 11.4 Å². The second-order valence-corrected chi connectivity index (χ2v) is 6.71. The summed E-state index contributed by atoms with van der Waals surface area (Å²) < 4.78 is 10.4. The Morgan fingerprint density at radius 3 is 2.29 bits per heavy atom. The molecule has 0 atom stereocenters. The average Bonchev–Trinajstić information content (AvgIpc) is 2.82. The minimum Gasteiger partial charge on any atom is -0.497 e. The summed E-state index contributed by atoms with van der Waals surface area (Å²) >= 11 is 0. The summed E-state index contributed by atoms with van der Waals surface area (Å²) in [5.41, 5.74) is 2.84. The fourth-order valence-corrected chi connectivity index (χ4v) is 2.91. The van der Waals surface area contributed by atoms with E-state index in [0.29, 0.717) is 29.3 Å². The Morgan fingerprint density at radius 1 is 0.871 bits per heavy atom. The smallest absolute Gasteiger partial charge is 0.251 e. The molecule has 0 heterocycles. The zero-order valence-corrected chi connectivity index (χ0v) is 17.5. The zero-order valence-electron chi connectivity index (χ0n) is 17.5. The van der Waals surface area contributed by atoms with E-state index in [1.807, 2.05) is 30.3 Å². The van der Waals surface area contributed by atoms with Crippen molar-refractivity contribution in [1.82, 2.24) is 5.32 Å². The van der Waals surface area contributed by atoms with Crippen LogP contribution in [0.1, 0.15) is 15.9 Å². The number of rotatable bonds is 9. The van der Waals surface area contributed by atoms with Crippen molar-refractivity contribution in [2.24, 2.45) is 0 Å². The second kappa shape index (κ2) is 10.7. The highest BCUT2D eigenvalue weighted by atomic mass is 16.5. The molecule has 3 aromatic rings. The summed E-state index contributed by atoms with van der Waals surface area (Å²) in [6.45, 7) is 0.521. The maximum Gasteiger partial charge on any atom is 0.251 e. The summed E-state index contributed by atoms with van der Waals surface area (Å²) in [5.74, 6) is 0.764. The fourth-order valence-electron chi connectivity index (χ4n) is 2.91. The molecule has 3 rings (SSSR count). The summed E-state index contributed by atoms with van der Waals surface area (Å²) in [4.78, 5) is 24.6. The molecular formula is C24H25N3O4. The highest BCUT2D eigenvalue weighted by Gasteiger charge is 2.10. The number of methoxy groups -OCH3 is 2. The van der Waals surface area contributed by atoms with E-state index >= 15 is 0 Å². The van der Waals surface area contributed by atoms with Gasteiger partial charge >= 0.3 is 0 Å². The number of carbonyl (C=O) groups excluding carboxylic acids is 2. The Labute approximate surface area is 181 Å². The van der Waals surface area contributed by atoms with Crippen LogP contribution in [0.15, 0.2) is 72.8 Å². The van der Waals surface area contributed by atoms with Gasteiger partial charge in [0.25, 0.3) is 5.91 Å². The first-order chi connectivity index (χ1) is 15.1. The van der Waals surface area contributed by atoms with Crippen molar-refractivity contribution in [2.45, 2.75) is 6.54 Å². The van der Waals surface area contributed by atoms with Crippen molar-refractivity contribution in [2.75, 3.05) is 31.4 Å². The van der Waals surface area contributed by atoms with Crippen LogP contribution in [-0.4, -0.2) is 32.6 Å². The van der Waals surface area contributed by atoms with Gasteiger partial charge in [0, 0.05) is 23.9 Å². The van der Waals surface area contributed by atoms with E-state index in [0.717, 1.165) is 11.3 Å². The van der Waals surface area contributed by atoms with Gasteiger partial charge < -0.3 is 25.4 Å². The minimum atomic E-state index is -0.240. The van der Waals surface area contributed by atoms with Crippen molar-refractivity contribution in [3.63, 3.8) is 0 Å². The van der Waals surface area contributed by atoms with Gasteiger partial charge in [0.05, 0.1) is 26.5 Å². The van der Waals surface area contributed by atoms with Gasteiger partial charge in [-0.1, -0.05) is 30.3 Å². The number of benzene rings is 3. The lowest BCUT2D eigenvalue weighted by atomic mass is 10.1. The number of amides is 2. The second-order valence-electron chi connectivity index (χ2n) is 6.71. The van der Waals surface area contributed by atoms with Gasteiger partial charge in [0.15, 0.2) is 0 Å². The normalized spacial score (nSPS) is 10.1. The third-order valence-electron chi connectivity index (χ3n) is 4.58. The number of hydrogen-bond acceptors (Lipinski definition) is 5. The Balaban J connectivity index is 1.51. The zero-order chi connectivity index (χ0) is 22.1. The van der Waals surface area contributed by atoms with E-state index in [9.17, 15) is 9.59 Å². The van der Waals surface area contributed by atoms with Gasteiger partial charge in [-0.3, -0.25) is 9.59 Å². The largest absolute Gasteiger partial charge is 0.497 e. The standard InChI is InChI=1S/C24H25N3O4/c1-30-20-12-13-22(31-2)21(14-20)27-23(28)16-25-19-10-8-18(9-11-19)24(29)26-15-17-6-4-3-5-7-17/h3-14,25H,15-16H2,1-2H3,(H,26,29)(H,27,28). The van der Waals surface area contributed by atoms with Gasteiger partial charge in [-0.2, -0.15) is 0 Å². The van der Waals surface area contributed by atoms with E-state index in [4.69, 9.17) is 9.47 Å². The predicted octanol–water partition coefficient (Wildman–Crippen LogP) is 3.68. The average molecular weight is 419 g/mol. The first-order valence-corrected chi connectivity index (χ1v) is 9.77. The maximum absolute atomic E-state index is 12.3. The van der Waals surface area contributed by atoms with Crippen LogP contribution in [0.3, 0.4) is 0 Å². The lowest BCUT2D eigenvalue weighted by Crippen LogP contribution is -2.23. The minimum absolute atomic E-state index is 0.0555. The molecule has 0 aliphatic rings. The highest BCUT2D eigenvalue weighted by molar-refractivity contribution is 5.96. The molecule has 0 fully saturated rings. The lowest BCUT2D eigenvalue weighted by Gasteiger charge is -2.12. The van der Waals surface area contributed by atoms with Crippen LogP contribution in [0.25, 0.3) is 0 Å². The Bertz CT molecular complexity index is 1020. The number of ether oxygens (including phenoxy) is 2. The molecule has 7 heteroatoms. The molecule has 0 aliphatic carbocycles. The molecule has 7 nitrogen and oxygen atoms in total. The molecule has 0 aromatic heterocycles. The lowest BCUT2D eigenvalue weighted by molar-refractivity contribution is -0.114. The molecule has 0 radical (unpaired) electrons. The maximum atomic E-state index is 12.3. The predicted molar refractivity (Wildman–Crippen MR) is 121 cm³/mol. The van der Waals surface area contributed by atoms with Crippen LogP contribution in [0.5, 0.6) is 11.5 Å². The molecule has 31 heavy (non-hydrogen) atoms. The van der Waals surface area contributed by atoms with Gasteiger partial charge in [0.2, 0.25) is 5.91 Å². The van der Waals surface area contributed by atoms with Gasteiger partial charge in [-0.05, 0) is 42.0 Å². The monoisotopic (exact) mass is 419 g/mol. The fraction of sp³-hybridized carbons (Fsp3) is 0.167. The summed E-state index contributed by atoms with van der Waals surface area (Å²) in [5, 5.41) is 8.72. The number of nitrogens with one attached hydrogen (secondary N) is 3. The Kier molecular flexibility index (Phi) is 7.48. The molecule has 0 bridgehead atoms. The molecular weight excluding hydrogens is 394 g/mol. The van der Waals surface area contributed by atoms with Crippen LogP contribution in [0, 0.1) is 0 Å². The van der Waals surface area contributed by atoms with Crippen molar-refractivity contribution >= 4 is 23.2 Å². The van der Waals surface area contributed by atoms with Crippen LogP contribution in [-0.2, 0) is 11.3 Å². The van der Waals surface area contributed by atoms with Gasteiger partial charge in [0.1, 0.15) is 11.5 Å². The summed E-state index contributed by atoms with van der Waals surface area (Å²) in [6.07, 6.45) is 0. The Morgan fingerprint density at radius 2 is 1.61 bits per heavy atom. The molecule has 3 N–H and O–H groups in total. The molecule has 0 aliphatic heterocycles. The highest BCUT2D eigenvalue weighted by Crippen LogP contribution is 2.28. The third kappa shape index (κ3) is 6.24. The first-order valence-electron chi connectivity index (χ1n) is 9.77. The van der Waals surface area contributed by atoms with E-state index in [1.54, 1.807) is 49.6 Å². The number of carbonyl (C=O) groups is 2. The Hall–Kier alpha value is -4.00. The number of anilines is 2. The first kappa shape index (κ1) is 21.7. The van der Waals surface area contributed by atoms with Crippen molar-refractivity contribution < 1.29 is 19.1 Å². The van der Waals surface area contributed by atoms with Crippen molar-refractivity contribution in [3.8, 4) is 11.5 Å². The SMILES string of the molecule is COc1ccc(OC)c(NC(=O)CNc2ccc(C(=O)NCc3ccccc3)cc2)c1. The molecule has 2 amide bonds. The van der Waals surface area contributed by atoms with E-state index in [1.165, 1.54) is 7.11 Å². The van der Waals surface area contributed by atoms with Crippen molar-refractivity contribution in [1.29, 1.82) is 0 Å². The molecule has 0 saturated heterocycles. The third-order valence-corrected chi connectivity index (χ3v) is 4.58. The molecule has 160 valence electrons. The van der Waals surface area contributed by atoms with Crippen LogP contribution >= 0.6 is 0 Å². The molecule has 0 unspecified atom stereocenters. The topological polar surface area (TPSA) is 88.7 Å². The summed E-state index contributed by atoms with van der Waals surface area (Å²) in [7, 11) is 3.09. The van der Waals surface area contributed by atoms with Gasteiger partial charge in [-0.25, -0.2) is 0 Å². The molecule has 0 saturated carbocycles.